The molecule has 0 saturated carbocycles. The molecule has 1 aromatic heterocycles. The van der Waals surface area contributed by atoms with Gasteiger partial charge in [0, 0.05) is 39.1 Å². The number of thioether (sulfide) groups is 1. The van der Waals surface area contributed by atoms with Gasteiger partial charge < -0.3 is 9.47 Å². The third-order valence-electron chi connectivity index (χ3n) is 4.30. The minimum absolute atomic E-state index is 0.0835. The number of hydrogen-bond acceptors (Lipinski definition) is 4. The highest BCUT2D eigenvalue weighted by Crippen LogP contribution is 2.25. The number of aromatic nitrogens is 2. The van der Waals surface area contributed by atoms with Crippen LogP contribution in [0.15, 0.2) is 12.4 Å². The van der Waals surface area contributed by atoms with Crippen molar-refractivity contribution in [3.8, 4) is 0 Å². The molecule has 1 saturated heterocycles. The Morgan fingerprint density at radius 3 is 2.76 bits per heavy atom. The second kappa shape index (κ2) is 7.31. The Bertz CT molecular complexity index is 472. The Morgan fingerprint density at radius 2 is 2.24 bits per heavy atom. The van der Waals surface area contributed by atoms with Gasteiger partial charge in [0.2, 0.25) is 5.91 Å². The summed E-state index contributed by atoms with van der Waals surface area (Å²) in [5.41, 5.74) is 0. The molecule has 2 rings (SSSR count). The van der Waals surface area contributed by atoms with Gasteiger partial charge in [-0.1, -0.05) is 13.8 Å². The minimum atomic E-state index is 0.0835. The van der Waals surface area contributed by atoms with E-state index in [2.05, 4.69) is 28.3 Å². The van der Waals surface area contributed by atoms with Gasteiger partial charge in [-0.05, 0) is 19.2 Å². The molecule has 0 bridgehead atoms. The van der Waals surface area contributed by atoms with Crippen LogP contribution in [-0.2, 0) is 11.8 Å². The first-order valence-corrected chi connectivity index (χ1v) is 8.93. The molecule has 2 atom stereocenters. The molecular formula is C15H26N4OS. The molecule has 0 radical (unpaired) electrons. The lowest BCUT2D eigenvalue weighted by atomic mass is 10.1. The molecule has 118 valence electrons. The third kappa shape index (κ3) is 3.43. The first kappa shape index (κ1) is 16.4. The van der Waals surface area contributed by atoms with Crippen molar-refractivity contribution in [2.24, 2.45) is 7.05 Å². The van der Waals surface area contributed by atoms with E-state index in [1.807, 2.05) is 30.6 Å². The van der Waals surface area contributed by atoms with Crippen LogP contribution in [-0.4, -0.2) is 62.9 Å². The normalized spacial score (nSPS) is 21.5. The average Bonchev–Trinajstić information content (AvgIpc) is 2.93. The van der Waals surface area contributed by atoms with Crippen LogP contribution in [0.25, 0.3) is 0 Å². The van der Waals surface area contributed by atoms with Crippen LogP contribution >= 0.6 is 11.8 Å². The number of carbonyl (C=O) groups is 1. The van der Waals surface area contributed by atoms with E-state index in [0.29, 0.717) is 0 Å². The Kier molecular flexibility index (Phi) is 5.70. The molecule has 1 fully saturated rings. The van der Waals surface area contributed by atoms with E-state index in [9.17, 15) is 4.79 Å². The van der Waals surface area contributed by atoms with Gasteiger partial charge in [0.25, 0.3) is 0 Å². The van der Waals surface area contributed by atoms with Crippen molar-refractivity contribution in [1.82, 2.24) is 19.4 Å². The lowest BCUT2D eigenvalue weighted by Crippen LogP contribution is -2.52. The largest absolute Gasteiger partial charge is 0.338 e. The van der Waals surface area contributed by atoms with E-state index in [-0.39, 0.29) is 17.2 Å². The van der Waals surface area contributed by atoms with Crippen molar-refractivity contribution >= 4 is 17.7 Å². The lowest BCUT2D eigenvalue weighted by molar-refractivity contribution is -0.133. The molecule has 0 spiro atoms. The Hall–Kier alpha value is -1.01. The molecule has 0 aromatic carbocycles. The van der Waals surface area contributed by atoms with Crippen LogP contribution in [0.4, 0.5) is 0 Å². The van der Waals surface area contributed by atoms with Crippen LogP contribution in [0.1, 0.15) is 32.1 Å². The fourth-order valence-corrected chi connectivity index (χ4v) is 3.67. The molecular weight excluding hydrogens is 284 g/mol. The number of aryl methyl sites for hydroxylation is 1. The number of likely N-dealkylation sites (N-methyl/N-ethyl adjacent to an activating group) is 1. The zero-order chi connectivity index (χ0) is 15.4. The first-order valence-electron chi connectivity index (χ1n) is 7.65. The monoisotopic (exact) mass is 310 g/mol. The number of amides is 1. The Balaban J connectivity index is 2.16. The van der Waals surface area contributed by atoms with E-state index >= 15 is 0 Å². The van der Waals surface area contributed by atoms with E-state index in [4.69, 9.17) is 0 Å². The van der Waals surface area contributed by atoms with Gasteiger partial charge in [-0.2, -0.15) is 11.8 Å². The summed E-state index contributed by atoms with van der Waals surface area (Å²) in [6.45, 7) is 7.73. The highest BCUT2D eigenvalue weighted by atomic mass is 32.2. The molecule has 6 heteroatoms. The molecule has 0 unspecified atom stereocenters. The highest BCUT2D eigenvalue weighted by Gasteiger charge is 2.33. The Labute approximate surface area is 131 Å². The third-order valence-corrected chi connectivity index (χ3v) is 5.40. The number of imidazole rings is 1. The van der Waals surface area contributed by atoms with Gasteiger partial charge in [0.1, 0.15) is 5.82 Å². The van der Waals surface area contributed by atoms with Gasteiger partial charge in [-0.15, -0.1) is 0 Å². The van der Waals surface area contributed by atoms with Crippen molar-refractivity contribution in [2.75, 3.05) is 32.4 Å². The highest BCUT2D eigenvalue weighted by molar-refractivity contribution is 7.99. The lowest BCUT2D eigenvalue weighted by Gasteiger charge is -2.41. The van der Waals surface area contributed by atoms with E-state index in [0.717, 1.165) is 38.4 Å². The molecule has 0 aliphatic carbocycles. The SMILES string of the molecule is CC[C@@H](SC)C(=O)N1CCN(CC)[C@@H](c2nccn2C)C1. The van der Waals surface area contributed by atoms with Crippen molar-refractivity contribution in [3.63, 3.8) is 0 Å². The van der Waals surface area contributed by atoms with Crippen LogP contribution < -0.4 is 0 Å². The van der Waals surface area contributed by atoms with Crippen LogP contribution in [0, 0.1) is 0 Å². The molecule has 2 heterocycles. The van der Waals surface area contributed by atoms with Crippen molar-refractivity contribution in [3.05, 3.63) is 18.2 Å². The van der Waals surface area contributed by atoms with Crippen molar-refractivity contribution < 1.29 is 4.79 Å². The molecule has 1 amide bonds. The predicted octanol–water partition coefficient (Wildman–Crippen LogP) is 1.77. The molecule has 1 aliphatic heterocycles. The average molecular weight is 310 g/mol. The maximum Gasteiger partial charge on any atom is 0.235 e. The zero-order valence-electron chi connectivity index (χ0n) is 13.5. The Morgan fingerprint density at radius 1 is 1.48 bits per heavy atom. The maximum absolute atomic E-state index is 12.6. The summed E-state index contributed by atoms with van der Waals surface area (Å²) in [6.07, 6.45) is 6.72. The number of nitrogens with zero attached hydrogens (tertiary/aromatic N) is 4. The second-order valence-electron chi connectivity index (χ2n) is 5.46. The summed E-state index contributed by atoms with van der Waals surface area (Å²) in [5.74, 6) is 1.33. The van der Waals surface area contributed by atoms with Gasteiger partial charge in [0.15, 0.2) is 0 Å². The summed E-state index contributed by atoms with van der Waals surface area (Å²) < 4.78 is 2.06. The number of piperazine rings is 1. The topological polar surface area (TPSA) is 41.4 Å². The van der Waals surface area contributed by atoms with E-state index in [1.54, 1.807) is 11.8 Å². The second-order valence-corrected chi connectivity index (χ2v) is 6.50. The number of rotatable bonds is 5. The molecule has 21 heavy (non-hydrogen) atoms. The molecule has 1 aromatic rings. The minimum Gasteiger partial charge on any atom is -0.338 e. The predicted molar refractivity (Wildman–Crippen MR) is 87.4 cm³/mol. The van der Waals surface area contributed by atoms with Crippen molar-refractivity contribution in [2.45, 2.75) is 31.6 Å². The summed E-state index contributed by atoms with van der Waals surface area (Å²) in [6, 6.07) is 0.201. The van der Waals surface area contributed by atoms with Crippen LogP contribution in [0.3, 0.4) is 0 Å². The fourth-order valence-electron chi connectivity index (χ4n) is 2.99. The van der Waals surface area contributed by atoms with Gasteiger partial charge in [0.05, 0.1) is 11.3 Å². The summed E-state index contributed by atoms with van der Waals surface area (Å²) >= 11 is 1.65. The maximum atomic E-state index is 12.6. The fraction of sp³-hybridized carbons (Fsp3) is 0.733. The quantitative estimate of drug-likeness (QED) is 0.831. The van der Waals surface area contributed by atoms with Crippen LogP contribution in [0.5, 0.6) is 0 Å². The summed E-state index contributed by atoms with van der Waals surface area (Å²) in [4.78, 5) is 21.5. The van der Waals surface area contributed by atoms with Gasteiger partial charge >= 0.3 is 0 Å². The number of hydrogen-bond donors (Lipinski definition) is 0. The van der Waals surface area contributed by atoms with Gasteiger partial charge in [-0.25, -0.2) is 4.98 Å². The summed E-state index contributed by atoms with van der Waals surface area (Å²) in [7, 11) is 2.02. The summed E-state index contributed by atoms with van der Waals surface area (Å²) in [5, 5.41) is 0.0835. The van der Waals surface area contributed by atoms with Gasteiger partial charge in [-0.3, -0.25) is 9.69 Å². The molecule has 5 nitrogen and oxygen atoms in total. The van der Waals surface area contributed by atoms with Crippen LogP contribution in [0.2, 0.25) is 0 Å². The van der Waals surface area contributed by atoms with E-state index < -0.39 is 0 Å². The number of carbonyl (C=O) groups excluding carboxylic acids is 1. The first-order chi connectivity index (χ1) is 10.1. The van der Waals surface area contributed by atoms with Crippen molar-refractivity contribution in [1.29, 1.82) is 0 Å². The molecule has 0 N–H and O–H groups in total. The smallest absolute Gasteiger partial charge is 0.235 e. The van der Waals surface area contributed by atoms with E-state index in [1.165, 1.54) is 0 Å². The standard InChI is InChI=1S/C15H26N4OS/c1-5-13(21-4)15(20)19-10-9-18(6-2)12(11-19)14-16-7-8-17(14)3/h7-8,12-13H,5-6,9-11H2,1-4H3/t12-,13-/m1/s1. The molecule has 1 aliphatic rings. The zero-order valence-corrected chi connectivity index (χ0v) is 14.3.